The maximum absolute atomic E-state index is 13.1. The molecule has 3 nitrogen and oxygen atoms in total. The van der Waals surface area contributed by atoms with Gasteiger partial charge in [0.25, 0.3) is 0 Å². The molecule has 0 amide bonds. The smallest absolute Gasteiger partial charge is 0.416 e. The highest BCUT2D eigenvalue weighted by molar-refractivity contribution is 9.10. The molecule has 1 heterocycles. The van der Waals surface area contributed by atoms with Crippen molar-refractivity contribution < 1.29 is 18.3 Å². The predicted octanol–water partition coefficient (Wildman–Crippen LogP) is 3.14. The zero-order valence-corrected chi connectivity index (χ0v) is 12.6. The highest BCUT2D eigenvalue weighted by Gasteiger charge is 2.37. The Bertz CT molecular complexity index is 487. The van der Waals surface area contributed by atoms with Crippen molar-refractivity contribution in [3.8, 4) is 5.75 Å². The number of rotatable bonds is 2. The summed E-state index contributed by atoms with van der Waals surface area (Å²) in [5.74, 6) is -0.328. The van der Waals surface area contributed by atoms with Gasteiger partial charge in [-0.05, 0) is 35.0 Å². The fourth-order valence-electron chi connectivity index (χ4n) is 2.50. The van der Waals surface area contributed by atoms with Crippen molar-refractivity contribution in [3.63, 3.8) is 0 Å². The molecule has 20 heavy (non-hydrogen) atoms. The number of nitrogens with one attached hydrogen (secondary N) is 1. The molecular formula is C13H16BrF3N2O. The van der Waals surface area contributed by atoms with Gasteiger partial charge < -0.3 is 10.4 Å². The molecule has 1 aliphatic rings. The van der Waals surface area contributed by atoms with E-state index in [9.17, 15) is 18.3 Å². The molecule has 1 atom stereocenters. The molecule has 112 valence electrons. The topological polar surface area (TPSA) is 35.5 Å². The van der Waals surface area contributed by atoms with Gasteiger partial charge in [-0.25, -0.2) is 0 Å². The second kappa shape index (κ2) is 5.91. The molecule has 1 fully saturated rings. The van der Waals surface area contributed by atoms with Crippen LogP contribution >= 0.6 is 15.9 Å². The molecular weight excluding hydrogens is 337 g/mol. The van der Waals surface area contributed by atoms with E-state index in [0.29, 0.717) is 13.1 Å². The first-order valence-corrected chi connectivity index (χ1v) is 7.15. The SMILES string of the molecule is C[C@@H](c1c(C(F)(F)F)ccc(Br)c1O)N1CCNCC1. The lowest BCUT2D eigenvalue weighted by Crippen LogP contribution is -2.44. The number of nitrogens with zero attached hydrogens (tertiary/aromatic N) is 1. The van der Waals surface area contributed by atoms with Crippen molar-refractivity contribution in [2.45, 2.75) is 19.1 Å². The van der Waals surface area contributed by atoms with Crippen LogP contribution in [-0.2, 0) is 6.18 Å². The summed E-state index contributed by atoms with van der Waals surface area (Å²) in [6.07, 6.45) is -4.48. The van der Waals surface area contributed by atoms with Crippen LogP contribution in [0.4, 0.5) is 13.2 Å². The number of hydrogen-bond donors (Lipinski definition) is 2. The number of halogens is 4. The Morgan fingerprint density at radius 3 is 2.45 bits per heavy atom. The van der Waals surface area contributed by atoms with E-state index in [1.54, 1.807) is 6.92 Å². The number of phenols is 1. The molecule has 0 aliphatic carbocycles. The summed E-state index contributed by atoms with van der Waals surface area (Å²) in [6, 6.07) is 1.75. The summed E-state index contributed by atoms with van der Waals surface area (Å²) in [5.41, 5.74) is -0.835. The fourth-order valence-corrected chi connectivity index (χ4v) is 2.85. The van der Waals surface area contributed by atoms with E-state index in [1.165, 1.54) is 6.07 Å². The number of phenolic OH excluding ortho intramolecular Hbond substituents is 1. The van der Waals surface area contributed by atoms with E-state index in [4.69, 9.17) is 0 Å². The molecule has 0 unspecified atom stereocenters. The molecule has 2 rings (SSSR count). The van der Waals surface area contributed by atoms with E-state index >= 15 is 0 Å². The molecule has 1 saturated heterocycles. The maximum atomic E-state index is 13.1. The van der Waals surface area contributed by atoms with Gasteiger partial charge in [0.1, 0.15) is 5.75 Å². The van der Waals surface area contributed by atoms with Crippen LogP contribution in [0.25, 0.3) is 0 Å². The molecule has 0 spiro atoms. The number of benzene rings is 1. The minimum atomic E-state index is -4.48. The average Bonchev–Trinajstić information content (AvgIpc) is 2.40. The Kier molecular flexibility index (Phi) is 4.61. The zero-order chi connectivity index (χ0) is 14.9. The number of alkyl halides is 3. The molecule has 1 aliphatic heterocycles. The summed E-state index contributed by atoms with van der Waals surface area (Å²) in [4.78, 5) is 1.94. The maximum Gasteiger partial charge on any atom is 0.416 e. The van der Waals surface area contributed by atoms with E-state index in [1.807, 2.05) is 4.90 Å². The molecule has 0 bridgehead atoms. The Morgan fingerprint density at radius 2 is 1.90 bits per heavy atom. The molecule has 0 saturated carbocycles. The number of hydrogen-bond acceptors (Lipinski definition) is 3. The summed E-state index contributed by atoms with van der Waals surface area (Å²) < 4.78 is 39.7. The van der Waals surface area contributed by atoms with Gasteiger partial charge in [0.05, 0.1) is 10.0 Å². The lowest BCUT2D eigenvalue weighted by Gasteiger charge is -2.34. The minimum absolute atomic E-state index is 0.0613. The molecule has 1 aromatic carbocycles. The summed E-state index contributed by atoms with van der Waals surface area (Å²) in [5, 5.41) is 13.2. The largest absolute Gasteiger partial charge is 0.506 e. The second-order valence-electron chi connectivity index (χ2n) is 4.82. The highest BCUT2D eigenvalue weighted by Crippen LogP contribution is 2.43. The van der Waals surface area contributed by atoms with Crippen LogP contribution < -0.4 is 5.32 Å². The van der Waals surface area contributed by atoms with Crippen LogP contribution in [0.5, 0.6) is 5.75 Å². The van der Waals surface area contributed by atoms with Gasteiger partial charge in [0.15, 0.2) is 0 Å². The minimum Gasteiger partial charge on any atom is -0.506 e. The van der Waals surface area contributed by atoms with Crippen LogP contribution in [0, 0.1) is 0 Å². The predicted molar refractivity (Wildman–Crippen MR) is 73.7 cm³/mol. The van der Waals surface area contributed by atoms with Gasteiger partial charge >= 0.3 is 6.18 Å². The molecule has 2 N–H and O–H groups in total. The van der Waals surface area contributed by atoms with Gasteiger partial charge in [0.2, 0.25) is 0 Å². The third-order valence-electron chi connectivity index (χ3n) is 3.59. The van der Waals surface area contributed by atoms with E-state index < -0.39 is 17.8 Å². The van der Waals surface area contributed by atoms with E-state index in [0.717, 1.165) is 19.2 Å². The van der Waals surface area contributed by atoms with Gasteiger partial charge in [-0.2, -0.15) is 13.2 Å². The molecule has 0 aromatic heterocycles. The van der Waals surface area contributed by atoms with Crippen LogP contribution in [-0.4, -0.2) is 36.2 Å². The Balaban J connectivity index is 2.44. The summed E-state index contributed by atoms with van der Waals surface area (Å²) >= 11 is 3.09. The average molecular weight is 353 g/mol. The first-order chi connectivity index (χ1) is 9.32. The normalized spacial score (nSPS) is 19.1. The number of aromatic hydroxyl groups is 1. The van der Waals surface area contributed by atoms with Crippen LogP contribution in [0.15, 0.2) is 16.6 Å². The standard InChI is InChI=1S/C13H16BrF3N2O/c1-8(19-6-4-18-5-7-19)11-9(13(15,16)17)2-3-10(14)12(11)20/h2-3,8,18,20H,4-7H2,1H3/t8-/m0/s1. The first kappa shape index (κ1) is 15.6. The van der Waals surface area contributed by atoms with Gasteiger partial charge in [-0.15, -0.1) is 0 Å². The lowest BCUT2D eigenvalue weighted by molar-refractivity contribution is -0.139. The van der Waals surface area contributed by atoms with Gasteiger partial charge in [-0.1, -0.05) is 0 Å². The Morgan fingerprint density at radius 1 is 1.30 bits per heavy atom. The Hall–Kier alpha value is -0.790. The van der Waals surface area contributed by atoms with Crippen molar-refractivity contribution >= 4 is 15.9 Å². The lowest BCUT2D eigenvalue weighted by atomic mass is 9.98. The van der Waals surface area contributed by atoms with E-state index in [2.05, 4.69) is 21.2 Å². The summed E-state index contributed by atoms with van der Waals surface area (Å²) in [7, 11) is 0. The van der Waals surface area contributed by atoms with Gasteiger partial charge in [-0.3, -0.25) is 4.90 Å². The molecule has 1 aromatic rings. The van der Waals surface area contributed by atoms with Crippen LogP contribution in [0.3, 0.4) is 0 Å². The molecule has 0 radical (unpaired) electrons. The third kappa shape index (κ3) is 3.10. The van der Waals surface area contributed by atoms with Gasteiger partial charge in [0, 0.05) is 37.8 Å². The highest BCUT2D eigenvalue weighted by atomic mass is 79.9. The van der Waals surface area contributed by atoms with Crippen molar-refractivity contribution in [1.82, 2.24) is 10.2 Å². The third-order valence-corrected chi connectivity index (χ3v) is 4.23. The van der Waals surface area contributed by atoms with Crippen LogP contribution in [0.1, 0.15) is 24.1 Å². The quantitative estimate of drug-likeness (QED) is 0.858. The fraction of sp³-hybridized carbons (Fsp3) is 0.538. The van der Waals surface area contributed by atoms with E-state index in [-0.39, 0.29) is 15.8 Å². The monoisotopic (exact) mass is 352 g/mol. The zero-order valence-electron chi connectivity index (χ0n) is 11.0. The first-order valence-electron chi connectivity index (χ1n) is 6.35. The summed E-state index contributed by atoms with van der Waals surface area (Å²) in [6.45, 7) is 4.48. The van der Waals surface area contributed by atoms with Crippen LogP contribution in [0.2, 0.25) is 0 Å². The van der Waals surface area contributed by atoms with Crippen molar-refractivity contribution in [2.75, 3.05) is 26.2 Å². The Labute approximate surface area is 123 Å². The number of piperazine rings is 1. The van der Waals surface area contributed by atoms with Crippen molar-refractivity contribution in [2.24, 2.45) is 0 Å². The van der Waals surface area contributed by atoms with Crippen molar-refractivity contribution in [1.29, 1.82) is 0 Å². The molecule has 7 heteroatoms. The second-order valence-corrected chi connectivity index (χ2v) is 5.67. The van der Waals surface area contributed by atoms with Crippen molar-refractivity contribution in [3.05, 3.63) is 27.7 Å².